The zero-order chi connectivity index (χ0) is 12.6. The Labute approximate surface area is 112 Å². The number of benzene rings is 1. The number of anilines is 1. The van der Waals surface area contributed by atoms with Crippen molar-refractivity contribution >= 4 is 17.3 Å². The van der Waals surface area contributed by atoms with Gasteiger partial charge in [0.05, 0.1) is 10.7 Å². The molecule has 98 valence electrons. The van der Waals surface area contributed by atoms with Crippen molar-refractivity contribution in [2.75, 3.05) is 18.4 Å². The van der Waals surface area contributed by atoms with Gasteiger partial charge >= 0.3 is 0 Å². The molecule has 1 aromatic carbocycles. The summed E-state index contributed by atoms with van der Waals surface area (Å²) in [7, 11) is 0. The molecular weight excluding hydrogens is 251 g/mol. The SMILES string of the molecule is Fc1c(Cl)cccc1NC1CC2(CCNCC2)C1. The molecule has 2 N–H and O–H groups in total. The fourth-order valence-corrected chi connectivity index (χ4v) is 3.46. The van der Waals surface area contributed by atoms with Crippen LogP contribution in [0.15, 0.2) is 18.2 Å². The van der Waals surface area contributed by atoms with Crippen LogP contribution >= 0.6 is 11.6 Å². The lowest BCUT2D eigenvalue weighted by Gasteiger charge is -2.50. The van der Waals surface area contributed by atoms with Crippen LogP contribution in [-0.2, 0) is 0 Å². The summed E-state index contributed by atoms with van der Waals surface area (Å²) in [5.41, 5.74) is 1.05. The molecule has 0 aromatic heterocycles. The van der Waals surface area contributed by atoms with E-state index in [-0.39, 0.29) is 10.8 Å². The monoisotopic (exact) mass is 268 g/mol. The lowest BCUT2D eigenvalue weighted by molar-refractivity contribution is 0.0717. The minimum absolute atomic E-state index is 0.191. The summed E-state index contributed by atoms with van der Waals surface area (Å²) >= 11 is 5.78. The molecule has 4 heteroatoms. The molecule has 0 radical (unpaired) electrons. The van der Waals surface area contributed by atoms with Gasteiger partial charge in [-0.1, -0.05) is 17.7 Å². The first-order valence-corrected chi connectivity index (χ1v) is 6.98. The molecule has 0 atom stereocenters. The van der Waals surface area contributed by atoms with Gasteiger partial charge in [-0.25, -0.2) is 4.39 Å². The van der Waals surface area contributed by atoms with Gasteiger partial charge in [0.25, 0.3) is 0 Å². The highest BCUT2D eigenvalue weighted by molar-refractivity contribution is 6.31. The number of halogens is 2. The van der Waals surface area contributed by atoms with E-state index in [9.17, 15) is 4.39 Å². The molecule has 2 aliphatic rings. The van der Waals surface area contributed by atoms with Crippen LogP contribution in [0.4, 0.5) is 10.1 Å². The molecule has 0 amide bonds. The second kappa shape index (κ2) is 4.71. The van der Waals surface area contributed by atoms with Gasteiger partial charge in [-0.3, -0.25) is 0 Å². The summed E-state index contributed by atoms with van der Waals surface area (Å²) in [5, 5.41) is 6.86. The minimum Gasteiger partial charge on any atom is -0.380 e. The van der Waals surface area contributed by atoms with Gasteiger partial charge in [0.15, 0.2) is 5.82 Å². The number of hydrogen-bond donors (Lipinski definition) is 2. The molecule has 2 fully saturated rings. The average molecular weight is 269 g/mol. The van der Waals surface area contributed by atoms with E-state index in [4.69, 9.17) is 11.6 Å². The van der Waals surface area contributed by atoms with Gasteiger partial charge < -0.3 is 10.6 Å². The number of hydrogen-bond acceptors (Lipinski definition) is 2. The van der Waals surface area contributed by atoms with Crippen LogP contribution in [0.3, 0.4) is 0 Å². The van der Waals surface area contributed by atoms with Crippen LogP contribution in [0, 0.1) is 11.2 Å². The van der Waals surface area contributed by atoms with E-state index in [0.717, 1.165) is 25.9 Å². The first-order valence-electron chi connectivity index (χ1n) is 6.60. The standard InChI is InChI=1S/C14H18ClFN2/c15-11-2-1-3-12(13(11)16)18-10-8-14(9-10)4-6-17-7-5-14/h1-3,10,17-18H,4-9H2. The third-order valence-electron chi connectivity index (χ3n) is 4.33. The molecule has 3 rings (SSSR count). The topological polar surface area (TPSA) is 24.1 Å². The second-order valence-corrected chi connectivity index (χ2v) is 6.01. The fourth-order valence-electron chi connectivity index (χ4n) is 3.29. The third kappa shape index (κ3) is 2.21. The van der Waals surface area contributed by atoms with E-state index >= 15 is 0 Å². The zero-order valence-corrected chi connectivity index (χ0v) is 11.1. The molecule has 1 spiro atoms. The molecule has 1 saturated carbocycles. The Morgan fingerprint density at radius 1 is 1.28 bits per heavy atom. The van der Waals surface area contributed by atoms with E-state index in [1.165, 1.54) is 12.8 Å². The highest BCUT2D eigenvalue weighted by Gasteiger charge is 2.44. The molecule has 2 nitrogen and oxygen atoms in total. The maximum absolute atomic E-state index is 13.8. The zero-order valence-electron chi connectivity index (χ0n) is 10.3. The van der Waals surface area contributed by atoms with Crippen molar-refractivity contribution in [3.05, 3.63) is 29.0 Å². The fraction of sp³-hybridized carbons (Fsp3) is 0.571. The van der Waals surface area contributed by atoms with Gasteiger partial charge in [-0.2, -0.15) is 0 Å². The maximum atomic E-state index is 13.8. The Hall–Kier alpha value is -0.800. The smallest absolute Gasteiger partial charge is 0.164 e. The Balaban J connectivity index is 1.61. The molecule has 1 aliphatic heterocycles. The first-order chi connectivity index (χ1) is 8.69. The Kier molecular flexibility index (Phi) is 3.20. The van der Waals surface area contributed by atoms with E-state index in [0.29, 0.717) is 17.1 Å². The van der Waals surface area contributed by atoms with Gasteiger partial charge in [-0.15, -0.1) is 0 Å². The number of rotatable bonds is 2. The summed E-state index contributed by atoms with van der Waals surface area (Å²) in [6.45, 7) is 2.25. The van der Waals surface area contributed by atoms with Crippen LogP contribution < -0.4 is 10.6 Å². The van der Waals surface area contributed by atoms with Gasteiger partial charge in [0.1, 0.15) is 0 Å². The van der Waals surface area contributed by atoms with Crippen LogP contribution in [0.25, 0.3) is 0 Å². The predicted molar refractivity (Wildman–Crippen MR) is 72.6 cm³/mol. The molecule has 0 unspecified atom stereocenters. The summed E-state index contributed by atoms with van der Waals surface area (Å²) in [5.74, 6) is -0.328. The molecule has 1 saturated heterocycles. The summed E-state index contributed by atoms with van der Waals surface area (Å²) < 4.78 is 13.8. The Morgan fingerprint density at radius 3 is 2.72 bits per heavy atom. The normalized spacial score (nSPS) is 22.8. The van der Waals surface area contributed by atoms with E-state index in [1.807, 2.05) is 0 Å². The van der Waals surface area contributed by atoms with E-state index < -0.39 is 0 Å². The molecular formula is C14H18ClFN2. The lowest BCUT2D eigenvalue weighted by Crippen LogP contribution is -2.50. The van der Waals surface area contributed by atoms with Crippen molar-refractivity contribution < 1.29 is 4.39 Å². The second-order valence-electron chi connectivity index (χ2n) is 5.60. The van der Waals surface area contributed by atoms with Crippen molar-refractivity contribution in [3.8, 4) is 0 Å². The van der Waals surface area contributed by atoms with Crippen LogP contribution in [0.1, 0.15) is 25.7 Å². The van der Waals surface area contributed by atoms with Gasteiger partial charge in [-0.05, 0) is 56.3 Å². The van der Waals surface area contributed by atoms with Gasteiger partial charge in [0, 0.05) is 6.04 Å². The van der Waals surface area contributed by atoms with Crippen molar-refractivity contribution in [2.45, 2.75) is 31.7 Å². The number of piperidine rings is 1. The van der Waals surface area contributed by atoms with Crippen LogP contribution in [-0.4, -0.2) is 19.1 Å². The highest BCUT2D eigenvalue weighted by Crippen LogP contribution is 2.49. The molecule has 1 aliphatic carbocycles. The summed E-state index contributed by atoms with van der Waals surface area (Å²) in [6, 6.07) is 5.52. The minimum atomic E-state index is -0.328. The lowest BCUT2D eigenvalue weighted by atomic mass is 9.60. The number of nitrogens with one attached hydrogen (secondary N) is 2. The largest absolute Gasteiger partial charge is 0.380 e. The summed E-state index contributed by atoms with van der Waals surface area (Å²) in [4.78, 5) is 0. The molecule has 18 heavy (non-hydrogen) atoms. The Morgan fingerprint density at radius 2 is 2.00 bits per heavy atom. The van der Waals surface area contributed by atoms with Crippen molar-refractivity contribution in [3.63, 3.8) is 0 Å². The maximum Gasteiger partial charge on any atom is 0.164 e. The molecule has 1 heterocycles. The van der Waals surface area contributed by atoms with Gasteiger partial charge in [0.2, 0.25) is 0 Å². The first kappa shape index (κ1) is 12.2. The molecule has 0 bridgehead atoms. The quantitative estimate of drug-likeness (QED) is 0.859. The third-order valence-corrected chi connectivity index (χ3v) is 4.63. The molecule has 1 aromatic rings. The van der Waals surface area contributed by atoms with Crippen molar-refractivity contribution in [2.24, 2.45) is 5.41 Å². The van der Waals surface area contributed by atoms with E-state index in [1.54, 1.807) is 18.2 Å². The summed E-state index contributed by atoms with van der Waals surface area (Å²) in [6.07, 6.45) is 4.81. The Bertz CT molecular complexity index is 435. The highest BCUT2D eigenvalue weighted by atomic mass is 35.5. The average Bonchev–Trinajstić information content (AvgIpc) is 2.34. The van der Waals surface area contributed by atoms with Crippen LogP contribution in [0.5, 0.6) is 0 Å². The van der Waals surface area contributed by atoms with Crippen LogP contribution in [0.2, 0.25) is 5.02 Å². The van der Waals surface area contributed by atoms with Crippen molar-refractivity contribution in [1.29, 1.82) is 0 Å². The van der Waals surface area contributed by atoms with Crippen molar-refractivity contribution in [1.82, 2.24) is 5.32 Å². The van der Waals surface area contributed by atoms with E-state index in [2.05, 4.69) is 10.6 Å². The predicted octanol–water partition coefficient (Wildman–Crippen LogP) is 3.42.